The van der Waals surface area contributed by atoms with Crippen LogP contribution in [-0.2, 0) is 25.6 Å². The minimum atomic E-state index is -0.718. The molecule has 2 aromatic rings. The molecule has 1 aliphatic heterocycles. The van der Waals surface area contributed by atoms with Gasteiger partial charge in [-0.15, -0.1) is 0 Å². The number of ketones is 2. The average Bonchev–Trinajstić information content (AvgIpc) is 3.46. The number of aryl methyl sites for hydroxylation is 1. The summed E-state index contributed by atoms with van der Waals surface area (Å²) in [6.45, 7) is 3.23. The first-order chi connectivity index (χ1) is 19.3. The van der Waals surface area contributed by atoms with Crippen molar-refractivity contribution in [3.05, 3.63) is 48.0 Å². The second-order valence-corrected chi connectivity index (χ2v) is 10.9. The van der Waals surface area contributed by atoms with Gasteiger partial charge in [0.1, 0.15) is 0 Å². The molecule has 0 spiro atoms. The first kappa shape index (κ1) is 31.7. The molecule has 1 aliphatic rings. The van der Waals surface area contributed by atoms with Crippen LogP contribution in [0.3, 0.4) is 0 Å². The maximum atomic E-state index is 13.5. The average molecular weight is 570 g/mol. The Bertz CT molecular complexity index is 1150. The van der Waals surface area contributed by atoms with E-state index in [9.17, 15) is 19.2 Å². The highest BCUT2D eigenvalue weighted by molar-refractivity contribution is 7.80. The summed E-state index contributed by atoms with van der Waals surface area (Å²) in [5, 5.41) is 14.4. The SMILES string of the molecule is CC(=O)N[C@@H](CCCCN)C(=O)CC(CS)C(=O)N[C@@H](CC1CNCN1)C(=O)CCc1cccc2ccccc12. The highest BCUT2D eigenvalue weighted by Crippen LogP contribution is 2.21. The normalized spacial score (nSPS) is 17.2. The second kappa shape index (κ2) is 16.5. The molecule has 2 amide bonds. The molecule has 0 bridgehead atoms. The van der Waals surface area contributed by atoms with E-state index >= 15 is 0 Å². The Morgan fingerprint density at radius 3 is 2.50 bits per heavy atom. The van der Waals surface area contributed by atoms with Crippen LogP contribution in [0.5, 0.6) is 0 Å². The number of hydrogen-bond acceptors (Lipinski definition) is 8. The fraction of sp³-hybridized carbons (Fsp3) is 0.533. The van der Waals surface area contributed by atoms with Gasteiger partial charge in [-0.25, -0.2) is 0 Å². The molecule has 0 radical (unpaired) electrons. The van der Waals surface area contributed by atoms with Gasteiger partial charge in [-0.3, -0.25) is 19.2 Å². The summed E-state index contributed by atoms with van der Waals surface area (Å²) >= 11 is 4.34. The number of carbonyl (C=O) groups excluding carboxylic acids is 4. The number of unbranched alkanes of at least 4 members (excludes halogenated alkanes) is 1. The van der Waals surface area contributed by atoms with Gasteiger partial charge in [0, 0.05) is 44.8 Å². The minimum Gasteiger partial charge on any atom is -0.347 e. The molecule has 218 valence electrons. The van der Waals surface area contributed by atoms with Gasteiger partial charge >= 0.3 is 0 Å². The number of nitrogens with two attached hydrogens (primary N) is 1. The molecule has 3 rings (SSSR count). The molecule has 10 heteroatoms. The lowest BCUT2D eigenvalue weighted by Crippen LogP contribution is -2.48. The van der Waals surface area contributed by atoms with E-state index in [1.165, 1.54) is 6.92 Å². The lowest BCUT2D eigenvalue weighted by molar-refractivity contribution is -0.133. The molecule has 0 saturated carbocycles. The van der Waals surface area contributed by atoms with Gasteiger partial charge < -0.3 is 27.0 Å². The van der Waals surface area contributed by atoms with Crippen LogP contribution >= 0.6 is 12.6 Å². The van der Waals surface area contributed by atoms with Gasteiger partial charge in [0.05, 0.1) is 18.0 Å². The van der Waals surface area contributed by atoms with Crippen LogP contribution < -0.4 is 27.0 Å². The van der Waals surface area contributed by atoms with Gasteiger partial charge in [-0.2, -0.15) is 12.6 Å². The standard InChI is InChI=1S/C30H43N5O4S/c1-20(36)34-26(11-4-5-14-31)29(38)15-23(18-40)30(39)35-27(16-24-17-32-19-33-24)28(37)13-12-22-9-6-8-21-7-2-3-10-25(21)22/h2-3,6-10,23-24,26-27,32-33,40H,4-5,11-19,31H2,1H3,(H,34,36)(H,35,39)/t23?,24?,26-,27-/m0/s1. The second-order valence-electron chi connectivity index (χ2n) is 10.5. The Labute approximate surface area is 242 Å². The zero-order valence-corrected chi connectivity index (χ0v) is 24.2. The van der Waals surface area contributed by atoms with Crippen molar-refractivity contribution in [1.82, 2.24) is 21.3 Å². The third-order valence-corrected chi connectivity index (χ3v) is 7.85. The predicted octanol–water partition coefficient (Wildman–Crippen LogP) is 1.87. The minimum absolute atomic E-state index is 0.0443. The van der Waals surface area contributed by atoms with Crippen molar-refractivity contribution in [2.45, 2.75) is 70.0 Å². The zero-order chi connectivity index (χ0) is 28.9. The number of carbonyl (C=O) groups is 4. The third-order valence-electron chi connectivity index (χ3n) is 7.40. The fourth-order valence-electron chi connectivity index (χ4n) is 5.17. The number of amides is 2. The number of nitrogens with one attached hydrogen (secondary N) is 4. The van der Waals surface area contributed by atoms with Crippen molar-refractivity contribution in [2.75, 3.05) is 25.5 Å². The largest absolute Gasteiger partial charge is 0.347 e. The Balaban J connectivity index is 1.67. The van der Waals surface area contributed by atoms with Gasteiger partial charge in [-0.1, -0.05) is 42.5 Å². The van der Waals surface area contributed by atoms with Crippen LogP contribution in [0.1, 0.15) is 51.0 Å². The topological polar surface area (TPSA) is 142 Å². The number of benzene rings is 2. The lowest BCUT2D eigenvalue weighted by Gasteiger charge is -2.24. The van der Waals surface area contributed by atoms with Crippen molar-refractivity contribution in [3.8, 4) is 0 Å². The van der Waals surface area contributed by atoms with E-state index in [1.54, 1.807) is 0 Å². The van der Waals surface area contributed by atoms with Gasteiger partial charge in [0.25, 0.3) is 0 Å². The first-order valence-electron chi connectivity index (χ1n) is 14.2. The van der Waals surface area contributed by atoms with Crippen molar-refractivity contribution < 1.29 is 19.2 Å². The number of Topliss-reactive ketones (excluding diaryl/α,β-unsaturated/α-hetero) is 2. The van der Waals surface area contributed by atoms with Crippen molar-refractivity contribution in [1.29, 1.82) is 0 Å². The molecule has 1 fully saturated rings. The Kier molecular flexibility index (Phi) is 13.1. The molecule has 0 aliphatic carbocycles. The van der Waals surface area contributed by atoms with Crippen LogP contribution in [0.2, 0.25) is 0 Å². The smallest absolute Gasteiger partial charge is 0.224 e. The third kappa shape index (κ3) is 9.69. The van der Waals surface area contributed by atoms with Crippen LogP contribution in [0, 0.1) is 5.92 Å². The van der Waals surface area contributed by atoms with Gasteiger partial charge in [0.2, 0.25) is 11.8 Å². The summed E-state index contributed by atoms with van der Waals surface area (Å²) in [5.74, 6) is -1.51. The molecule has 6 N–H and O–H groups in total. The van der Waals surface area contributed by atoms with E-state index in [0.29, 0.717) is 45.4 Å². The van der Waals surface area contributed by atoms with Crippen molar-refractivity contribution in [3.63, 3.8) is 0 Å². The number of rotatable bonds is 17. The van der Waals surface area contributed by atoms with Gasteiger partial charge in [-0.05, 0) is 55.0 Å². The molecule has 1 saturated heterocycles. The quantitative estimate of drug-likeness (QED) is 0.126. The summed E-state index contributed by atoms with van der Waals surface area (Å²) in [5.41, 5.74) is 6.66. The van der Waals surface area contributed by atoms with Gasteiger partial charge in [0.15, 0.2) is 11.6 Å². The van der Waals surface area contributed by atoms with Crippen LogP contribution in [0.25, 0.3) is 10.8 Å². The van der Waals surface area contributed by atoms with E-state index < -0.39 is 18.0 Å². The van der Waals surface area contributed by atoms with E-state index in [1.807, 2.05) is 24.3 Å². The van der Waals surface area contributed by atoms with E-state index in [-0.39, 0.29) is 48.0 Å². The Hall–Kier alpha value is -2.79. The van der Waals surface area contributed by atoms with E-state index in [0.717, 1.165) is 22.8 Å². The maximum Gasteiger partial charge on any atom is 0.224 e. The zero-order valence-electron chi connectivity index (χ0n) is 23.3. The summed E-state index contributed by atoms with van der Waals surface area (Å²) in [6, 6.07) is 12.9. The summed E-state index contributed by atoms with van der Waals surface area (Å²) in [4.78, 5) is 51.6. The summed E-state index contributed by atoms with van der Waals surface area (Å²) in [7, 11) is 0. The number of fused-ring (bicyclic) bond motifs is 1. The lowest BCUT2D eigenvalue weighted by atomic mass is 9.93. The van der Waals surface area contributed by atoms with Crippen LogP contribution in [-0.4, -0.2) is 67.0 Å². The van der Waals surface area contributed by atoms with Crippen LogP contribution in [0.15, 0.2) is 42.5 Å². The van der Waals surface area contributed by atoms with Crippen molar-refractivity contribution in [2.24, 2.45) is 11.7 Å². The molecule has 9 nitrogen and oxygen atoms in total. The number of thiol groups is 1. The molecular weight excluding hydrogens is 526 g/mol. The highest BCUT2D eigenvalue weighted by atomic mass is 32.1. The van der Waals surface area contributed by atoms with Crippen LogP contribution in [0.4, 0.5) is 0 Å². The Morgan fingerprint density at radius 1 is 1.02 bits per heavy atom. The molecule has 4 atom stereocenters. The van der Waals surface area contributed by atoms with E-state index in [2.05, 4.69) is 52.1 Å². The summed E-state index contributed by atoms with van der Waals surface area (Å²) in [6.07, 6.45) is 3.14. The molecule has 1 heterocycles. The molecule has 2 unspecified atom stereocenters. The molecular formula is C30H43N5O4S. The Morgan fingerprint density at radius 2 is 1.80 bits per heavy atom. The molecule has 0 aromatic heterocycles. The first-order valence-corrected chi connectivity index (χ1v) is 14.8. The fourth-order valence-corrected chi connectivity index (χ4v) is 5.46. The van der Waals surface area contributed by atoms with E-state index in [4.69, 9.17) is 5.73 Å². The molecule has 40 heavy (non-hydrogen) atoms. The predicted molar refractivity (Wildman–Crippen MR) is 161 cm³/mol. The maximum absolute atomic E-state index is 13.5. The summed E-state index contributed by atoms with van der Waals surface area (Å²) < 4.78 is 0. The monoisotopic (exact) mass is 569 g/mol. The molecule has 2 aromatic carbocycles. The highest BCUT2D eigenvalue weighted by Gasteiger charge is 2.31. The number of hydrogen-bond donors (Lipinski definition) is 6. The van der Waals surface area contributed by atoms with Crippen molar-refractivity contribution >= 4 is 46.8 Å².